The molecule has 136 valence electrons. The van der Waals surface area contributed by atoms with Gasteiger partial charge in [0.25, 0.3) is 11.6 Å². The highest BCUT2D eigenvalue weighted by atomic mass is 32.2. The minimum atomic E-state index is -3.85. The number of benzene rings is 1. The lowest BCUT2D eigenvalue weighted by molar-refractivity contribution is -0.656. The summed E-state index contributed by atoms with van der Waals surface area (Å²) in [7, 11) is -3.85. The van der Waals surface area contributed by atoms with Crippen molar-refractivity contribution in [2.75, 3.05) is 6.26 Å². The maximum absolute atomic E-state index is 12.7. The second-order valence-corrected chi connectivity index (χ2v) is 8.14. The van der Waals surface area contributed by atoms with Gasteiger partial charge in [-0.15, -0.1) is 0 Å². The molecular weight excluding hydrogens is 344 g/mol. The number of hydrogen-bond acceptors (Lipinski definition) is 6. The molecule has 1 heterocycles. The van der Waals surface area contributed by atoms with Gasteiger partial charge < -0.3 is 15.1 Å². The van der Waals surface area contributed by atoms with Crippen LogP contribution in [0.25, 0.3) is 0 Å². The molecule has 0 fully saturated rings. The quantitative estimate of drug-likeness (QED) is 0.587. The zero-order valence-electron chi connectivity index (χ0n) is 14.5. The third-order valence-electron chi connectivity index (χ3n) is 3.48. The number of aliphatic hydroxyl groups excluding tert-OH is 1. The number of hydrogen-bond donors (Lipinski definition) is 1. The van der Waals surface area contributed by atoms with E-state index in [1.54, 1.807) is 0 Å². The summed E-state index contributed by atoms with van der Waals surface area (Å²) < 4.78 is 29.9. The maximum atomic E-state index is 12.7. The van der Waals surface area contributed by atoms with E-state index in [1.807, 2.05) is 44.2 Å². The van der Waals surface area contributed by atoms with Crippen molar-refractivity contribution in [1.82, 2.24) is 4.98 Å². The molecule has 0 saturated heterocycles. The zero-order valence-corrected chi connectivity index (χ0v) is 15.3. The molecule has 0 aliphatic rings. The van der Waals surface area contributed by atoms with Crippen LogP contribution in [-0.2, 0) is 29.5 Å². The Hall–Kier alpha value is -2.19. The topological polar surface area (TPSA) is 103 Å². The van der Waals surface area contributed by atoms with Crippen LogP contribution in [0.15, 0.2) is 35.4 Å². The summed E-state index contributed by atoms with van der Waals surface area (Å²) in [6.45, 7) is 3.32. The number of aromatic nitrogens is 2. The molecule has 7 nitrogen and oxygen atoms in total. The lowest BCUT2D eigenvalue weighted by Gasteiger charge is -2.16. The van der Waals surface area contributed by atoms with Crippen molar-refractivity contribution in [1.29, 1.82) is 0 Å². The molecule has 0 aliphatic carbocycles. The van der Waals surface area contributed by atoms with Gasteiger partial charge in [-0.05, 0) is 11.5 Å². The summed E-state index contributed by atoms with van der Waals surface area (Å²) in [5.74, 6) is 0.137. The van der Waals surface area contributed by atoms with Gasteiger partial charge in [0.2, 0.25) is 9.84 Å². The molecule has 25 heavy (non-hydrogen) atoms. The highest BCUT2D eigenvalue weighted by Gasteiger charge is 2.31. The summed E-state index contributed by atoms with van der Waals surface area (Å²) in [6, 6.07) is 9.33. The maximum Gasteiger partial charge on any atom is 0.332 e. The van der Waals surface area contributed by atoms with E-state index in [4.69, 9.17) is 4.74 Å². The van der Waals surface area contributed by atoms with E-state index in [1.165, 1.54) is 0 Å². The van der Waals surface area contributed by atoms with E-state index in [-0.39, 0.29) is 29.8 Å². The van der Waals surface area contributed by atoms with Gasteiger partial charge in [-0.3, -0.25) is 0 Å². The molecule has 0 aliphatic heterocycles. The van der Waals surface area contributed by atoms with E-state index >= 15 is 0 Å². The van der Waals surface area contributed by atoms with Crippen LogP contribution < -0.4 is 9.47 Å². The van der Waals surface area contributed by atoms with E-state index < -0.39 is 21.5 Å². The van der Waals surface area contributed by atoms with Crippen molar-refractivity contribution in [2.24, 2.45) is 5.92 Å². The second-order valence-electron chi connectivity index (χ2n) is 6.21. The van der Waals surface area contributed by atoms with Crippen LogP contribution in [-0.4, -0.2) is 24.8 Å². The molecule has 0 radical (unpaired) electrons. The number of sulfone groups is 1. The first-order valence-electron chi connectivity index (χ1n) is 7.87. The van der Waals surface area contributed by atoms with Crippen LogP contribution in [0, 0.1) is 11.1 Å². The van der Waals surface area contributed by atoms with Crippen LogP contribution in [0.4, 0.5) is 0 Å². The summed E-state index contributed by atoms with van der Waals surface area (Å²) in [5.41, 5.74) is 0.812. The standard InChI is InChI=1S/C17H22N2O5S/c1-12(2)9-15-16(24-11-13-7-5-4-6-8-13)18-14(10-20)17(19(15)21)25(3,22)23/h4-8,12,20H,9-11H2,1-3H3. The lowest BCUT2D eigenvalue weighted by Crippen LogP contribution is -2.41. The van der Waals surface area contributed by atoms with Gasteiger partial charge in [0.05, 0.1) is 6.61 Å². The Bertz CT molecular complexity index is 836. The molecule has 0 amide bonds. The van der Waals surface area contributed by atoms with E-state index in [0.717, 1.165) is 11.8 Å². The highest BCUT2D eigenvalue weighted by Crippen LogP contribution is 2.22. The molecule has 0 spiro atoms. The normalized spacial score (nSPS) is 11.7. The summed E-state index contributed by atoms with van der Waals surface area (Å²) in [5, 5.41) is 21.6. The molecule has 0 saturated carbocycles. The monoisotopic (exact) mass is 366 g/mol. The average Bonchev–Trinajstić information content (AvgIpc) is 2.54. The Morgan fingerprint density at radius 3 is 2.44 bits per heavy atom. The number of rotatable bonds is 7. The molecule has 0 bridgehead atoms. The molecule has 8 heteroatoms. The Morgan fingerprint density at radius 1 is 1.28 bits per heavy atom. The van der Waals surface area contributed by atoms with E-state index in [2.05, 4.69) is 4.98 Å². The molecule has 1 aromatic carbocycles. The first-order chi connectivity index (χ1) is 11.7. The summed E-state index contributed by atoms with van der Waals surface area (Å²) in [6.07, 6.45) is 1.22. The van der Waals surface area contributed by atoms with Gasteiger partial charge in [-0.2, -0.15) is 4.73 Å². The third-order valence-corrected chi connectivity index (χ3v) is 4.58. The van der Waals surface area contributed by atoms with Gasteiger partial charge in [0, 0.05) is 12.7 Å². The molecule has 0 unspecified atom stereocenters. The van der Waals surface area contributed by atoms with Gasteiger partial charge >= 0.3 is 5.03 Å². The second kappa shape index (κ2) is 7.79. The highest BCUT2D eigenvalue weighted by molar-refractivity contribution is 7.90. The van der Waals surface area contributed by atoms with Crippen molar-refractivity contribution in [3.8, 4) is 5.88 Å². The molecule has 1 N–H and O–H groups in total. The molecule has 2 aromatic rings. The third kappa shape index (κ3) is 4.67. The number of ether oxygens (including phenoxy) is 1. The molecule has 1 aromatic heterocycles. The van der Waals surface area contributed by atoms with Crippen LogP contribution in [0.3, 0.4) is 0 Å². The van der Waals surface area contributed by atoms with Gasteiger partial charge in [0.1, 0.15) is 6.61 Å². The largest absolute Gasteiger partial charge is 0.617 e. The fourth-order valence-corrected chi connectivity index (χ4v) is 3.38. The Balaban J connectivity index is 2.51. The molecule has 2 rings (SSSR count). The van der Waals surface area contributed by atoms with Crippen LogP contribution in [0.5, 0.6) is 5.88 Å². The SMILES string of the molecule is CC(C)Cc1c(OCc2ccccc2)nc(CO)c(S(C)(=O)=O)[n+]1[O-]. The van der Waals surface area contributed by atoms with E-state index in [0.29, 0.717) is 11.2 Å². The van der Waals surface area contributed by atoms with Crippen LogP contribution in [0.1, 0.15) is 30.8 Å². The van der Waals surface area contributed by atoms with Crippen molar-refractivity contribution < 1.29 is 23.0 Å². The van der Waals surface area contributed by atoms with Gasteiger partial charge in [-0.25, -0.2) is 13.4 Å². The smallest absolute Gasteiger partial charge is 0.332 e. The van der Waals surface area contributed by atoms with E-state index in [9.17, 15) is 18.7 Å². The first kappa shape index (κ1) is 19.1. The minimum Gasteiger partial charge on any atom is -0.617 e. The fraction of sp³-hybridized carbons (Fsp3) is 0.412. The van der Waals surface area contributed by atoms with Gasteiger partial charge in [0.15, 0.2) is 5.69 Å². The summed E-state index contributed by atoms with van der Waals surface area (Å²) >= 11 is 0. The predicted molar refractivity (Wildman–Crippen MR) is 91.5 cm³/mol. The van der Waals surface area contributed by atoms with Crippen LogP contribution >= 0.6 is 0 Å². The average molecular weight is 366 g/mol. The lowest BCUT2D eigenvalue weighted by atomic mass is 10.1. The zero-order chi connectivity index (χ0) is 18.6. The van der Waals surface area contributed by atoms with Crippen molar-refractivity contribution >= 4 is 9.84 Å². The Morgan fingerprint density at radius 2 is 1.92 bits per heavy atom. The summed E-state index contributed by atoms with van der Waals surface area (Å²) in [4.78, 5) is 4.11. The molecular formula is C17H22N2O5S. The Kier molecular flexibility index (Phi) is 5.97. The van der Waals surface area contributed by atoms with Crippen LogP contribution in [0.2, 0.25) is 0 Å². The van der Waals surface area contributed by atoms with Crippen molar-refractivity contribution in [3.05, 3.63) is 52.5 Å². The first-order valence-corrected chi connectivity index (χ1v) is 9.76. The number of nitrogens with zero attached hydrogens (tertiary/aromatic N) is 2. The number of aliphatic hydroxyl groups is 1. The van der Waals surface area contributed by atoms with Gasteiger partial charge in [-0.1, -0.05) is 44.2 Å². The predicted octanol–water partition coefficient (Wildman–Crippen LogP) is 1.39. The Labute approximate surface area is 147 Å². The molecule has 0 atom stereocenters. The minimum absolute atomic E-state index is 0.0454. The van der Waals surface area contributed by atoms with Crippen molar-refractivity contribution in [2.45, 2.75) is 38.5 Å². The fourth-order valence-electron chi connectivity index (χ4n) is 2.43. The van der Waals surface area contributed by atoms with Crippen molar-refractivity contribution in [3.63, 3.8) is 0 Å².